The summed E-state index contributed by atoms with van der Waals surface area (Å²) in [4.78, 5) is 23.7. The molecule has 2 aromatic rings. The van der Waals surface area contributed by atoms with Crippen LogP contribution in [0.1, 0.15) is 38.8 Å². The molecule has 0 radical (unpaired) electrons. The molecule has 4 N–H and O–H groups in total. The molecule has 0 aliphatic heterocycles. The Labute approximate surface area is 135 Å². The largest absolute Gasteiger partial charge is 0.352 e. The molecule has 0 heterocycles. The van der Waals surface area contributed by atoms with Crippen molar-refractivity contribution in [2.24, 2.45) is 5.73 Å². The van der Waals surface area contributed by atoms with E-state index in [2.05, 4.69) is 10.6 Å². The lowest BCUT2D eigenvalue weighted by Crippen LogP contribution is -2.24. The van der Waals surface area contributed by atoms with E-state index in [-0.39, 0.29) is 11.8 Å². The number of rotatable bonds is 6. The summed E-state index contributed by atoms with van der Waals surface area (Å²) in [6, 6.07) is 14.4. The molecule has 0 unspecified atom stereocenters. The summed E-state index contributed by atoms with van der Waals surface area (Å²) in [5, 5.41) is 5.60. The highest BCUT2D eigenvalue weighted by Gasteiger charge is 2.06. The van der Waals surface area contributed by atoms with Crippen molar-refractivity contribution < 1.29 is 9.59 Å². The topological polar surface area (TPSA) is 84.2 Å². The highest BCUT2D eigenvalue weighted by atomic mass is 16.2. The summed E-state index contributed by atoms with van der Waals surface area (Å²) in [5.74, 6) is -0.232. The van der Waals surface area contributed by atoms with Crippen LogP contribution in [0, 0.1) is 0 Å². The van der Waals surface area contributed by atoms with E-state index < -0.39 is 0 Å². The third-order valence-electron chi connectivity index (χ3n) is 3.46. The van der Waals surface area contributed by atoms with Gasteiger partial charge in [0, 0.05) is 30.8 Å². The molecule has 0 aliphatic carbocycles. The average Bonchev–Trinajstić information content (AvgIpc) is 2.60. The monoisotopic (exact) mass is 311 g/mol. The lowest BCUT2D eigenvalue weighted by Gasteiger charge is -2.07. The van der Waals surface area contributed by atoms with E-state index >= 15 is 0 Å². The van der Waals surface area contributed by atoms with Gasteiger partial charge < -0.3 is 16.4 Å². The number of hydrogen-bond acceptors (Lipinski definition) is 3. The second-order valence-corrected chi connectivity index (χ2v) is 5.14. The van der Waals surface area contributed by atoms with E-state index in [1.807, 2.05) is 31.2 Å². The highest BCUT2D eigenvalue weighted by molar-refractivity contribution is 5.94. The molecule has 0 aliphatic rings. The minimum absolute atomic E-state index is 0.0944. The number of hydrogen-bond donors (Lipinski definition) is 3. The fourth-order valence-electron chi connectivity index (χ4n) is 2.11. The first kappa shape index (κ1) is 16.7. The van der Waals surface area contributed by atoms with Crippen LogP contribution in [-0.4, -0.2) is 18.4 Å². The van der Waals surface area contributed by atoms with Crippen LogP contribution in [0.2, 0.25) is 0 Å². The van der Waals surface area contributed by atoms with Crippen LogP contribution in [0.4, 0.5) is 0 Å². The molecule has 0 atom stereocenters. The molecule has 2 rings (SSSR count). The zero-order valence-corrected chi connectivity index (χ0v) is 13.1. The Bertz CT molecular complexity index is 664. The van der Waals surface area contributed by atoms with Crippen molar-refractivity contribution in [2.75, 3.05) is 6.54 Å². The van der Waals surface area contributed by atoms with Crippen LogP contribution in [-0.2, 0) is 13.1 Å². The summed E-state index contributed by atoms with van der Waals surface area (Å²) >= 11 is 0. The lowest BCUT2D eigenvalue weighted by atomic mass is 10.1. The third kappa shape index (κ3) is 4.66. The standard InChI is InChI=1S/C18H21N3O2/c1-2-20-17(22)15-9-5-14(6-10-15)12-21-18(23)16-7-3-13(11-19)4-8-16/h3-10H,2,11-12,19H2,1H3,(H,20,22)(H,21,23). The average molecular weight is 311 g/mol. The van der Waals surface area contributed by atoms with Crippen molar-refractivity contribution in [3.05, 3.63) is 70.8 Å². The first-order chi connectivity index (χ1) is 11.1. The maximum Gasteiger partial charge on any atom is 0.251 e. The summed E-state index contributed by atoms with van der Waals surface area (Å²) in [7, 11) is 0. The van der Waals surface area contributed by atoms with Gasteiger partial charge in [0.25, 0.3) is 11.8 Å². The highest BCUT2D eigenvalue weighted by Crippen LogP contribution is 2.06. The molecule has 0 fully saturated rings. The molecule has 0 spiro atoms. The first-order valence-corrected chi connectivity index (χ1v) is 7.58. The minimum Gasteiger partial charge on any atom is -0.352 e. The number of benzene rings is 2. The molecular weight excluding hydrogens is 290 g/mol. The Hall–Kier alpha value is -2.66. The van der Waals surface area contributed by atoms with Crippen LogP contribution < -0.4 is 16.4 Å². The summed E-state index contributed by atoms with van der Waals surface area (Å²) in [6.45, 7) is 3.34. The van der Waals surface area contributed by atoms with E-state index in [1.165, 1.54) is 0 Å². The zero-order chi connectivity index (χ0) is 16.7. The first-order valence-electron chi connectivity index (χ1n) is 7.58. The van der Waals surface area contributed by atoms with Crippen molar-refractivity contribution in [1.82, 2.24) is 10.6 Å². The van der Waals surface area contributed by atoms with Crippen LogP contribution in [0.3, 0.4) is 0 Å². The number of nitrogens with two attached hydrogens (primary N) is 1. The molecule has 0 saturated heterocycles. The predicted molar refractivity (Wildman–Crippen MR) is 90.0 cm³/mol. The Morgan fingerprint density at radius 1 is 0.826 bits per heavy atom. The van der Waals surface area contributed by atoms with E-state index in [9.17, 15) is 9.59 Å². The molecule has 5 nitrogen and oxygen atoms in total. The number of carbonyl (C=O) groups is 2. The molecular formula is C18H21N3O2. The summed E-state index contributed by atoms with van der Waals surface area (Å²) in [6.07, 6.45) is 0. The van der Waals surface area contributed by atoms with Crippen LogP contribution in [0.25, 0.3) is 0 Å². The van der Waals surface area contributed by atoms with Gasteiger partial charge in [0.1, 0.15) is 0 Å². The van der Waals surface area contributed by atoms with Crippen molar-refractivity contribution in [2.45, 2.75) is 20.0 Å². The maximum absolute atomic E-state index is 12.1. The van der Waals surface area contributed by atoms with Gasteiger partial charge in [0.15, 0.2) is 0 Å². The van der Waals surface area contributed by atoms with Gasteiger partial charge in [0.05, 0.1) is 0 Å². The van der Waals surface area contributed by atoms with Crippen molar-refractivity contribution >= 4 is 11.8 Å². The fraction of sp³-hybridized carbons (Fsp3) is 0.222. The van der Waals surface area contributed by atoms with Crippen molar-refractivity contribution in [3.63, 3.8) is 0 Å². The number of nitrogens with one attached hydrogen (secondary N) is 2. The molecule has 2 amide bonds. The van der Waals surface area contributed by atoms with Gasteiger partial charge in [0.2, 0.25) is 0 Å². The van der Waals surface area contributed by atoms with Crippen LogP contribution >= 0.6 is 0 Å². The molecule has 2 aromatic carbocycles. The lowest BCUT2D eigenvalue weighted by molar-refractivity contribution is 0.0943. The third-order valence-corrected chi connectivity index (χ3v) is 3.46. The van der Waals surface area contributed by atoms with Gasteiger partial charge in [-0.25, -0.2) is 0 Å². The Balaban J connectivity index is 1.92. The quantitative estimate of drug-likeness (QED) is 0.761. The van der Waals surface area contributed by atoms with E-state index in [1.54, 1.807) is 24.3 Å². The second-order valence-electron chi connectivity index (χ2n) is 5.14. The van der Waals surface area contributed by atoms with Gasteiger partial charge in [-0.2, -0.15) is 0 Å². The molecule has 0 bridgehead atoms. The smallest absolute Gasteiger partial charge is 0.251 e. The predicted octanol–water partition coefficient (Wildman–Crippen LogP) is 1.83. The molecule has 5 heteroatoms. The van der Waals surface area contributed by atoms with Gasteiger partial charge in [-0.1, -0.05) is 24.3 Å². The number of carbonyl (C=O) groups excluding carboxylic acids is 2. The second kappa shape index (κ2) is 8.10. The van der Waals surface area contributed by atoms with E-state index in [0.717, 1.165) is 11.1 Å². The molecule has 0 aromatic heterocycles. The Morgan fingerprint density at radius 3 is 1.78 bits per heavy atom. The Morgan fingerprint density at radius 2 is 1.30 bits per heavy atom. The van der Waals surface area contributed by atoms with Crippen molar-refractivity contribution in [3.8, 4) is 0 Å². The molecule has 120 valence electrons. The molecule has 23 heavy (non-hydrogen) atoms. The SMILES string of the molecule is CCNC(=O)c1ccc(CNC(=O)c2ccc(CN)cc2)cc1. The van der Waals surface area contributed by atoms with E-state index in [0.29, 0.717) is 30.8 Å². The van der Waals surface area contributed by atoms with Gasteiger partial charge in [-0.15, -0.1) is 0 Å². The normalized spacial score (nSPS) is 10.2. The van der Waals surface area contributed by atoms with E-state index in [4.69, 9.17) is 5.73 Å². The zero-order valence-electron chi connectivity index (χ0n) is 13.1. The van der Waals surface area contributed by atoms with Gasteiger partial charge in [-0.05, 0) is 42.3 Å². The summed E-state index contributed by atoms with van der Waals surface area (Å²) in [5.41, 5.74) is 8.67. The summed E-state index contributed by atoms with van der Waals surface area (Å²) < 4.78 is 0. The molecule has 0 saturated carbocycles. The Kier molecular flexibility index (Phi) is 5.88. The maximum atomic E-state index is 12.1. The van der Waals surface area contributed by atoms with Gasteiger partial charge in [-0.3, -0.25) is 9.59 Å². The van der Waals surface area contributed by atoms with Gasteiger partial charge >= 0.3 is 0 Å². The minimum atomic E-state index is -0.138. The fourth-order valence-corrected chi connectivity index (χ4v) is 2.11. The van der Waals surface area contributed by atoms with Crippen LogP contribution in [0.15, 0.2) is 48.5 Å². The number of amides is 2. The van der Waals surface area contributed by atoms with Crippen molar-refractivity contribution in [1.29, 1.82) is 0 Å². The van der Waals surface area contributed by atoms with Crippen LogP contribution in [0.5, 0.6) is 0 Å².